The van der Waals surface area contributed by atoms with Crippen LogP contribution in [0.25, 0.3) is 0 Å². The number of hydrogen-bond acceptors (Lipinski definition) is 2. The van der Waals surface area contributed by atoms with Gasteiger partial charge in [-0.25, -0.2) is 4.79 Å². The quantitative estimate of drug-likeness (QED) is 0.870. The molecular weight excluding hydrogens is 302 g/mol. The highest BCUT2D eigenvalue weighted by Crippen LogP contribution is 2.17. The van der Waals surface area contributed by atoms with Gasteiger partial charge in [-0.3, -0.25) is 4.79 Å². The maximum absolute atomic E-state index is 12.6. The monoisotopic (exact) mass is 325 g/mol. The Balaban J connectivity index is 2.09. The van der Waals surface area contributed by atoms with Crippen LogP contribution < -0.4 is 10.6 Å². The third-order valence-electron chi connectivity index (χ3n) is 3.51. The van der Waals surface area contributed by atoms with Crippen molar-refractivity contribution in [2.24, 2.45) is 0 Å². The van der Waals surface area contributed by atoms with E-state index in [1.54, 1.807) is 29.2 Å². The van der Waals surface area contributed by atoms with Crippen LogP contribution in [-0.4, -0.2) is 22.9 Å². The SMILES string of the molecule is CC(=O)Nc1cccc(NC(=O)N(Cc2ccccc2)C(C)C)c1. The Morgan fingerprint density at radius 2 is 1.58 bits per heavy atom. The van der Waals surface area contributed by atoms with Crippen LogP contribution in [0.1, 0.15) is 26.3 Å². The number of nitrogens with zero attached hydrogens (tertiary/aromatic N) is 1. The average Bonchev–Trinajstić information content (AvgIpc) is 2.53. The van der Waals surface area contributed by atoms with Gasteiger partial charge in [0.2, 0.25) is 5.91 Å². The van der Waals surface area contributed by atoms with Crippen molar-refractivity contribution in [2.45, 2.75) is 33.4 Å². The van der Waals surface area contributed by atoms with Crippen molar-refractivity contribution < 1.29 is 9.59 Å². The Bertz CT molecular complexity index is 699. The van der Waals surface area contributed by atoms with E-state index in [4.69, 9.17) is 0 Å². The summed E-state index contributed by atoms with van der Waals surface area (Å²) in [7, 11) is 0. The number of hydrogen-bond donors (Lipinski definition) is 2. The predicted molar refractivity (Wildman–Crippen MR) is 96.9 cm³/mol. The van der Waals surface area contributed by atoms with Crippen LogP contribution in [0.5, 0.6) is 0 Å². The van der Waals surface area contributed by atoms with Crippen LogP contribution in [0.4, 0.5) is 16.2 Å². The zero-order chi connectivity index (χ0) is 17.5. The molecule has 2 aromatic carbocycles. The normalized spacial score (nSPS) is 10.3. The van der Waals surface area contributed by atoms with E-state index in [2.05, 4.69) is 10.6 Å². The van der Waals surface area contributed by atoms with Crippen LogP contribution in [0.3, 0.4) is 0 Å². The van der Waals surface area contributed by atoms with Crippen molar-refractivity contribution in [3.05, 3.63) is 60.2 Å². The summed E-state index contributed by atoms with van der Waals surface area (Å²) in [6, 6.07) is 16.9. The summed E-state index contributed by atoms with van der Waals surface area (Å²) in [5, 5.41) is 5.60. The Morgan fingerprint density at radius 3 is 2.17 bits per heavy atom. The van der Waals surface area contributed by atoms with Gasteiger partial charge in [0.25, 0.3) is 0 Å². The summed E-state index contributed by atoms with van der Waals surface area (Å²) in [6.45, 7) is 5.95. The molecule has 0 radical (unpaired) electrons. The molecule has 5 heteroatoms. The van der Waals surface area contributed by atoms with Crippen molar-refractivity contribution in [1.29, 1.82) is 0 Å². The number of carbonyl (C=O) groups is 2. The Hall–Kier alpha value is -2.82. The summed E-state index contributed by atoms with van der Waals surface area (Å²) in [4.78, 5) is 25.5. The first-order chi connectivity index (χ1) is 11.5. The largest absolute Gasteiger partial charge is 0.326 e. The number of rotatable bonds is 5. The molecule has 0 unspecified atom stereocenters. The van der Waals surface area contributed by atoms with Crippen molar-refractivity contribution in [2.75, 3.05) is 10.6 Å². The van der Waals surface area contributed by atoms with Gasteiger partial charge in [-0.2, -0.15) is 0 Å². The standard InChI is InChI=1S/C19H23N3O2/c1-14(2)22(13-16-8-5-4-6-9-16)19(24)21-18-11-7-10-17(12-18)20-15(3)23/h4-12,14H,13H2,1-3H3,(H,20,23)(H,21,24). The fourth-order valence-electron chi connectivity index (χ4n) is 2.34. The van der Waals surface area contributed by atoms with Crippen LogP contribution in [0.15, 0.2) is 54.6 Å². The van der Waals surface area contributed by atoms with Gasteiger partial charge in [0.05, 0.1) is 0 Å². The third-order valence-corrected chi connectivity index (χ3v) is 3.51. The van der Waals surface area contributed by atoms with E-state index in [9.17, 15) is 9.59 Å². The van der Waals surface area contributed by atoms with Gasteiger partial charge in [0, 0.05) is 30.9 Å². The van der Waals surface area contributed by atoms with Crippen LogP contribution >= 0.6 is 0 Å². The second-order valence-electron chi connectivity index (χ2n) is 5.90. The number of nitrogens with one attached hydrogen (secondary N) is 2. The van der Waals surface area contributed by atoms with E-state index in [1.807, 2.05) is 44.2 Å². The molecule has 0 bridgehead atoms. The number of urea groups is 1. The van der Waals surface area contributed by atoms with Gasteiger partial charge in [-0.1, -0.05) is 36.4 Å². The van der Waals surface area contributed by atoms with E-state index < -0.39 is 0 Å². The number of anilines is 2. The first kappa shape index (κ1) is 17.5. The Labute approximate surface area is 142 Å². The lowest BCUT2D eigenvalue weighted by Crippen LogP contribution is -2.39. The number of benzene rings is 2. The highest BCUT2D eigenvalue weighted by molar-refractivity contribution is 5.92. The molecule has 0 atom stereocenters. The van der Waals surface area contributed by atoms with Gasteiger partial charge in [-0.05, 0) is 37.6 Å². The molecule has 2 aromatic rings. The van der Waals surface area contributed by atoms with Gasteiger partial charge in [0.15, 0.2) is 0 Å². The molecule has 0 saturated heterocycles. The second kappa shape index (κ2) is 8.15. The molecule has 2 rings (SSSR count). The van der Waals surface area contributed by atoms with Gasteiger partial charge >= 0.3 is 6.03 Å². The fraction of sp³-hybridized carbons (Fsp3) is 0.263. The minimum Gasteiger partial charge on any atom is -0.326 e. The molecule has 2 N–H and O–H groups in total. The summed E-state index contributed by atoms with van der Waals surface area (Å²) in [5.74, 6) is -0.147. The topological polar surface area (TPSA) is 61.4 Å². The molecule has 5 nitrogen and oxygen atoms in total. The Kier molecular flexibility index (Phi) is 5.95. The fourth-order valence-corrected chi connectivity index (χ4v) is 2.34. The molecule has 0 saturated carbocycles. The number of amides is 3. The predicted octanol–water partition coefficient (Wildman–Crippen LogP) is 4.09. The summed E-state index contributed by atoms with van der Waals surface area (Å²) >= 11 is 0. The first-order valence-electron chi connectivity index (χ1n) is 7.95. The molecule has 0 fully saturated rings. The van der Waals surface area contributed by atoms with E-state index in [0.717, 1.165) is 5.56 Å². The zero-order valence-corrected chi connectivity index (χ0v) is 14.2. The average molecular weight is 325 g/mol. The smallest absolute Gasteiger partial charge is 0.322 e. The van der Waals surface area contributed by atoms with Crippen molar-refractivity contribution >= 4 is 23.3 Å². The van der Waals surface area contributed by atoms with Crippen molar-refractivity contribution in [3.63, 3.8) is 0 Å². The summed E-state index contributed by atoms with van der Waals surface area (Å²) in [6.07, 6.45) is 0. The van der Waals surface area contributed by atoms with Crippen molar-refractivity contribution in [1.82, 2.24) is 4.90 Å². The molecule has 0 aliphatic rings. The molecule has 0 heterocycles. The van der Waals surface area contributed by atoms with Crippen LogP contribution in [0.2, 0.25) is 0 Å². The molecule has 0 aliphatic heterocycles. The third kappa shape index (κ3) is 5.12. The van der Waals surface area contributed by atoms with E-state index in [1.165, 1.54) is 6.92 Å². The first-order valence-corrected chi connectivity index (χ1v) is 7.95. The number of carbonyl (C=O) groups excluding carboxylic acids is 2. The summed E-state index contributed by atoms with van der Waals surface area (Å²) in [5.41, 5.74) is 2.37. The van der Waals surface area contributed by atoms with E-state index >= 15 is 0 Å². The molecule has 0 aliphatic carbocycles. The van der Waals surface area contributed by atoms with E-state index in [-0.39, 0.29) is 18.0 Å². The lowest BCUT2D eigenvalue weighted by molar-refractivity contribution is -0.114. The minimum absolute atomic E-state index is 0.0590. The lowest BCUT2D eigenvalue weighted by atomic mass is 10.2. The molecule has 126 valence electrons. The zero-order valence-electron chi connectivity index (χ0n) is 14.2. The summed E-state index contributed by atoms with van der Waals surface area (Å²) < 4.78 is 0. The molecule has 3 amide bonds. The van der Waals surface area contributed by atoms with Crippen LogP contribution in [0, 0.1) is 0 Å². The minimum atomic E-state index is -0.172. The van der Waals surface area contributed by atoms with Crippen LogP contribution in [-0.2, 0) is 11.3 Å². The molecule has 0 aromatic heterocycles. The Morgan fingerprint density at radius 1 is 0.958 bits per heavy atom. The van der Waals surface area contributed by atoms with E-state index in [0.29, 0.717) is 17.9 Å². The highest BCUT2D eigenvalue weighted by atomic mass is 16.2. The van der Waals surface area contributed by atoms with Gasteiger partial charge in [0.1, 0.15) is 0 Å². The highest BCUT2D eigenvalue weighted by Gasteiger charge is 2.17. The molecular formula is C19H23N3O2. The molecule has 0 spiro atoms. The van der Waals surface area contributed by atoms with Gasteiger partial charge < -0.3 is 15.5 Å². The second-order valence-corrected chi connectivity index (χ2v) is 5.90. The van der Waals surface area contributed by atoms with Crippen molar-refractivity contribution in [3.8, 4) is 0 Å². The maximum Gasteiger partial charge on any atom is 0.322 e. The van der Waals surface area contributed by atoms with Gasteiger partial charge in [-0.15, -0.1) is 0 Å². The maximum atomic E-state index is 12.6. The lowest BCUT2D eigenvalue weighted by Gasteiger charge is -2.27. The molecule has 24 heavy (non-hydrogen) atoms.